The zero-order valence-corrected chi connectivity index (χ0v) is 18.8. The summed E-state index contributed by atoms with van der Waals surface area (Å²) < 4.78 is 27.2. The number of sulfonamides is 1. The van der Waals surface area contributed by atoms with Gasteiger partial charge in [-0.15, -0.1) is 0 Å². The Morgan fingerprint density at radius 1 is 1.18 bits per heavy atom. The van der Waals surface area contributed by atoms with Crippen molar-refractivity contribution in [3.05, 3.63) is 63.7 Å². The van der Waals surface area contributed by atoms with E-state index in [-0.39, 0.29) is 21.8 Å². The second-order valence-electron chi connectivity index (χ2n) is 7.40. The monoisotopic (exact) mass is 469 g/mol. The molecule has 0 bridgehead atoms. The van der Waals surface area contributed by atoms with E-state index in [2.05, 4.69) is 10.6 Å². The molecule has 0 spiro atoms. The van der Waals surface area contributed by atoms with Crippen molar-refractivity contribution in [2.24, 2.45) is 0 Å². The summed E-state index contributed by atoms with van der Waals surface area (Å²) in [6, 6.07) is 11.9. The number of hydrogen-bond donors (Lipinski definition) is 2. The lowest BCUT2D eigenvalue weighted by Crippen LogP contribution is -2.35. The van der Waals surface area contributed by atoms with Crippen LogP contribution in [0.5, 0.6) is 0 Å². The molecule has 3 rings (SSSR count). The van der Waals surface area contributed by atoms with E-state index in [4.69, 9.17) is 0 Å². The van der Waals surface area contributed by atoms with Crippen molar-refractivity contribution < 1.29 is 18.1 Å². The number of benzene rings is 2. The van der Waals surface area contributed by atoms with E-state index >= 15 is 0 Å². The largest absolute Gasteiger partial charge is 0.383 e. The summed E-state index contributed by atoms with van der Waals surface area (Å²) in [6.45, 7) is 0.914. The molecule has 0 aliphatic carbocycles. The molecule has 11 heteroatoms. The van der Waals surface area contributed by atoms with Crippen molar-refractivity contribution in [3.8, 4) is 6.07 Å². The van der Waals surface area contributed by atoms with Gasteiger partial charge in [0, 0.05) is 31.9 Å². The molecule has 10 nitrogen and oxygen atoms in total. The topological polar surface area (TPSA) is 145 Å². The van der Waals surface area contributed by atoms with Gasteiger partial charge in [0.1, 0.15) is 17.3 Å². The number of anilines is 2. The molecule has 2 aromatic rings. The van der Waals surface area contributed by atoms with Crippen LogP contribution in [0.4, 0.5) is 17.1 Å². The summed E-state index contributed by atoms with van der Waals surface area (Å²) >= 11 is 0. The van der Waals surface area contributed by atoms with Gasteiger partial charge in [-0.25, -0.2) is 8.42 Å². The van der Waals surface area contributed by atoms with Crippen molar-refractivity contribution in [2.75, 3.05) is 30.8 Å². The number of nitrogens with one attached hydrogen (secondary N) is 2. The molecule has 1 fully saturated rings. The number of piperidine rings is 1. The van der Waals surface area contributed by atoms with E-state index < -0.39 is 20.9 Å². The van der Waals surface area contributed by atoms with E-state index in [1.165, 1.54) is 52.8 Å². The van der Waals surface area contributed by atoms with Crippen LogP contribution < -0.4 is 10.6 Å². The fourth-order valence-corrected chi connectivity index (χ4v) is 5.07. The number of hydrogen-bond acceptors (Lipinski definition) is 7. The molecule has 0 saturated carbocycles. The molecule has 0 radical (unpaired) electrons. The van der Waals surface area contributed by atoms with E-state index in [0.29, 0.717) is 24.3 Å². The Bertz CT molecular complexity index is 1240. The van der Waals surface area contributed by atoms with E-state index in [9.17, 15) is 28.6 Å². The average molecular weight is 470 g/mol. The smallest absolute Gasteiger partial charge is 0.292 e. The maximum Gasteiger partial charge on any atom is 0.292 e. The summed E-state index contributed by atoms with van der Waals surface area (Å²) in [4.78, 5) is 23.4. The highest BCUT2D eigenvalue weighted by atomic mass is 32.2. The second-order valence-corrected chi connectivity index (χ2v) is 9.34. The van der Waals surface area contributed by atoms with Crippen molar-refractivity contribution >= 4 is 39.1 Å². The second kappa shape index (κ2) is 10.2. The predicted octanol–water partition coefficient (Wildman–Crippen LogP) is 3.36. The molecule has 1 heterocycles. The molecular formula is C22H23N5O5S. The van der Waals surface area contributed by atoms with Gasteiger partial charge in [-0.05, 0) is 48.7 Å². The minimum atomic E-state index is -3.68. The van der Waals surface area contributed by atoms with Crippen LogP contribution in [-0.2, 0) is 14.8 Å². The minimum absolute atomic E-state index is 0.0583. The van der Waals surface area contributed by atoms with Gasteiger partial charge in [0.05, 0.1) is 9.82 Å². The summed E-state index contributed by atoms with van der Waals surface area (Å²) in [5.41, 5.74) is 0.335. The SMILES string of the molecule is CNc1ccc(/C=C(\C#N)C(=O)Nc2cccc(S(=O)(=O)N3CCCCC3)c2)cc1[N+](=O)[O-]. The molecule has 33 heavy (non-hydrogen) atoms. The Balaban J connectivity index is 1.83. The normalized spacial score (nSPS) is 14.8. The van der Waals surface area contributed by atoms with Gasteiger partial charge in [0.25, 0.3) is 11.6 Å². The van der Waals surface area contributed by atoms with Crippen LogP contribution in [0.3, 0.4) is 0 Å². The molecule has 0 aromatic heterocycles. The highest BCUT2D eigenvalue weighted by Gasteiger charge is 2.26. The molecule has 1 saturated heterocycles. The van der Waals surface area contributed by atoms with Gasteiger partial charge < -0.3 is 10.6 Å². The first kappa shape index (κ1) is 23.9. The molecule has 1 aliphatic heterocycles. The highest BCUT2D eigenvalue weighted by molar-refractivity contribution is 7.89. The number of rotatable bonds is 7. The third-order valence-corrected chi connectivity index (χ3v) is 7.10. The van der Waals surface area contributed by atoms with E-state index in [1.807, 2.05) is 0 Å². The summed E-state index contributed by atoms with van der Waals surface area (Å²) in [6.07, 6.45) is 3.83. The maximum atomic E-state index is 12.9. The first-order valence-electron chi connectivity index (χ1n) is 10.3. The molecule has 172 valence electrons. The van der Waals surface area contributed by atoms with Gasteiger partial charge >= 0.3 is 0 Å². The molecule has 2 aromatic carbocycles. The molecule has 1 amide bonds. The van der Waals surface area contributed by atoms with Crippen LogP contribution in [0.25, 0.3) is 6.08 Å². The third-order valence-electron chi connectivity index (χ3n) is 5.21. The van der Waals surface area contributed by atoms with Crippen LogP contribution in [0.2, 0.25) is 0 Å². The molecule has 2 N–H and O–H groups in total. The summed E-state index contributed by atoms with van der Waals surface area (Å²) in [7, 11) is -2.13. The van der Waals surface area contributed by atoms with Crippen LogP contribution >= 0.6 is 0 Å². The fraction of sp³-hybridized carbons (Fsp3) is 0.273. The first-order valence-corrected chi connectivity index (χ1v) is 11.7. The van der Waals surface area contributed by atoms with Gasteiger partial charge in [-0.2, -0.15) is 9.57 Å². The third kappa shape index (κ3) is 5.54. The standard InChI is InChI=1S/C22H23N5O5S/c1-24-20-9-8-16(13-21(20)27(29)30)12-17(15-23)22(28)25-18-6-5-7-19(14-18)33(31,32)26-10-3-2-4-11-26/h5-9,12-14,24H,2-4,10-11H2,1H3,(H,25,28)/b17-12+. The summed E-state index contributed by atoms with van der Waals surface area (Å²) in [5.74, 6) is -0.759. The Kier molecular flexibility index (Phi) is 7.42. The number of nitrogens with zero attached hydrogens (tertiary/aromatic N) is 3. The van der Waals surface area contributed by atoms with Gasteiger partial charge in [-0.3, -0.25) is 14.9 Å². The van der Waals surface area contributed by atoms with Crippen molar-refractivity contribution in [3.63, 3.8) is 0 Å². The van der Waals surface area contributed by atoms with Gasteiger partial charge in [0.2, 0.25) is 10.0 Å². The number of nitro groups is 1. The van der Waals surface area contributed by atoms with Crippen LogP contribution in [0, 0.1) is 21.4 Å². The average Bonchev–Trinajstić information content (AvgIpc) is 2.83. The van der Waals surface area contributed by atoms with Crippen molar-refractivity contribution in [2.45, 2.75) is 24.2 Å². The predicted molar refractivity (Wildman–Crippen MR) is 124 cm³/mol. The lowest BCUT2D eigenvalue weighted by Gasteiger charge is -2.26. The summed E-state index contributed by atoms with van der Waals surface area (Å²) in [5, 5.41) is 25.9. The Morgan fingerprint density at radius 2 is 1.91 bits per heavy atom. The van der Waals surface area contributed by atoms with Crippen LogP contribution in [0.15, 0.2) is 52.9 Å². The lowest BCUT2D eigenvalue weighted by molar-refractivity contribution is -0.384. The van der Waals surface area contributed by atoms with Crippen molar-refractivity contribution in [1.82, 2.24) is 4.31 Å². The Hall–Kier alpha value is -3.75. The minimum Gasteiger partial charge on any atom is -0.383 e. The maximum absolute atomic E-state index is 12.9. The Morgan fingerprint density at radius 3 is 2.55 bits per heavy atom. The number of amides is 1. The fourth-order valence-electron chi connectivity index (χ4n) is 3.50. The molecule has 1 aliphatic rings. The van der Waals surface area contributed by atoms with Crippen LogP contribution in [-0.4, -0.2) is 43.7 Å². The van der Waals surface area contributed by atoms with Gasteiger partial charge in [0.15, 0.2) is 0 Å². The molecular weight excluding hydrogens is 446 g/mol. The van der Waals surface area contributed by atoms with Crippen molar-refractivity contribution in [1.29, 1.82) is 5.26 Å². The number of nitro benzene ring substituents is 1. The van der Waals surface area contributed by atoms with E-state index in [1.54, 1.807) is 13.1 Å². The molecule has 0 atom stereocenters. The number of carbonyl (C=O) groups is 1. The Labute approximate surface area is 191 Å². The first-order chi connectivity index (χ1) is 15.8. The highest BCUT2D eigenvalue weighted by Crippen LogP contribution is 2.27. The van der Waals surface area contributed by atoms with E-state index in [0.717, 1.165) is 19.3 Å². The number of carbonyl (C=O) groups excluding carboxylic acids is 1. The quantitative estimate of drug-likeness (QED) is 0.274. The lowest BCUT2D eigenvalue weighted by atomic mass is 10.1. The zero-order chi connectivity index (χ0) is 24.0. The van der Waals surface area contributed by atoms with Gasteiger partial charge in [-0.1, -0.05) is 18.6 Å². The number of nitriles is 1. The zero-order valence-electron chi connectivity index (χ0n) is 17.9. The van der Waals surface area contributed by atoms with Crippen LogP contribution in [0.1, 0.15) is 24.8 Å². The molecule has 0 unspecified atom stereocenters.